The highest BCUT2D eigenvalue weighted by atomic mass is 32.1. The van der Waals surface area contributed by atoms with Crippen LogP contribution < -0.4 is 27.0 Å². The zero-order chi connectivity index (χ0) is 30.8. The summed E-state index contributed by atoms with van der Waals surface area (Å²) in [7, 11) is 0. The molecule has 0 spiro atoms. The highest BCUT2D eigenvalue weighted by Gasteiger charge is 2.30. The predicted octanol–water partition coefficient (Wildman–Crippen LogP) is -1.44. The number of carbonyl (C=O) groups is 6. The molecule has 0 unspecified atom stereocenters. The van der Waals surface area contributed by atoms with Crippen LogP contribution in [0.25, 0.3) is 0 Å². The Morgan fingerprint density at radius 2 is 1.34 bits per heavy atom. The van der Waals surface area contributed by atoms with Gasteiger partial charge in [-0.15, -0.1) is 0 Å². The molecule has 0 fully saturated rings. The molecule has 228 valence electrons. The smallest absolute Gasteiger partial charge is 0.303 e. The standard InChI is InChI=1S/C26H39N5O9S/c27-17(14-32)23(37)29-18(10-11-22(35)36)25(39)30-19(13-16-7-3-1-4-8-16)26(40)31-20(15-41)24(38)28-12-6-2-5-9-21(33)34/h1,3-4,7-8,17-20,32,41H,2,5-6,9-15,27H2,(H,28,38)(H,29,37)(H,30,39)(H,31,40)(H,33,34)(H,35,36)/t17-,18-,19-,20-/m0/s1. The van der Waals surface area contributed by atoms with Crippen molar-refractivity contribution in [2.45, 2.75) is 69.1 Å². The van der Waals surface area contributed by atoms with Crippen LogP contribution in [0.2, 0.25) is 0 Å². The van der Waals surface area contributed by atoms with Crippen LogP contribution in [-0.4, -0.2) is 94.0 Å². The van der Waals surface area contributed by atoms with E-state index in [2.05, 4.69) is 33.9 Å². The SMILES string of the molecule is N[C@@H](CO)C(=O)N[C@@H](CCC(=O)O)C(=O)N[C@@H](Cc1ccccc1)C(=O)N[C@@H](CS)C(=O)NCCCCCC(=O)O. The van der Waals surface area contributed by atoms with Crippen LogP contribution in [0, 0.1) is 0 Å². The van der Waals surface area contributed by atoms with Gasteiger partial charge in [-0.25, -0.2) is 0 Å². The minimum Gasteiger partial charge on any atom is -0.481 e. The van der Waals surface area contributed by atoms with Gasteiger partial charge in [-0.2, -0.15) is 12.6 Å². The van der Waals surface area contributed by atoms with Crippen molar-refractivity contribution in [1.82, 2.24) is 21.3 Å². The third kappa shape index (κ3) is 14.5. The van der Waals surface area contributed by atoms with Crippen LogP contribution in [-0.2, 0) is 35.2 Å². The van der Waals surface area contributed by atoms with E-state index < -0.39 is 72.8 Å². The maximum Gasteiger partial charge on any atom is 0.303 e. The number of aliphatic hydroxyl groups excluding tert-OH is 1. The highest BCUT2D eigenvalue weighted by Crippen LogP contribution is 2.07. The Morgan fingerprint density at radius 1 is 0.756 bits per heavy atom. The lowest BCUT2D eigenvalue weighted by molar-refractivity contribution is -0.139. The summed E-state index contributed by atoms with van der Waals surface area (Å²) in [5.74, 6) is -5.13. The van der Waals surface area contributed by atoms with Crippen molar-refractivity contribution < 1.29 is 44.1 Å². The third-order valence-electron chi connectivity index (χ3n) is 5.91. The van der Waals surface area contributed by atoms with Crippen molar-refractivity contribution in [3.8, 4) is 0 Å². The lowest BCUT2D eigenvalue weighted by Crippen LogP contribution is -2.58. The molecule has 0 aliphatic carbocycles. The van der Waals surface area contributed by atoms with E-state index in [-0.39, 0.29) is 31.6 Å². The van der Waals surface area contributed by atoms with Crippen LogP contribution in [0.4, 0.5) is 0 Å². The molecule has 14 nitrogen and oxygen atoms in total. The second-order valence-electron chi connectivity index (χ2n) is 9.27. The fraction of sp³-hybridized carbons (Fsp3) is 0.538. The van der Waals surface area contributed by atoms with Crippen LogP contribution in [0.15, 0.2) is 30.3 Å². The Balaban J connectivity index is 2.97. The molecule has 1 aromatic carbocycles. The van der Waals surface area contributed by atoms with E-state index >= 15 is 0 Å². The number of rotatable bonds is 20. The first-order valence-corrected chi connectivity index (χ1v) is 13.7. The fourth-order valence-electron chi connectivity index (χ4n) is 3.61. The number of aliphatic carboxylic acids is 2. The van der Waals surface area contributed by atoms with E-state index in [1.54, 1.807) is 30.3 Å². The van der Waals surface area contributed by atoms with E-state index in [0.29, 0.717) is 24.8 Å². The summed E-state index contributed by atoms with van der Waals surface area (Å²) in [6, 6.07) is 3.71. The average Bonchev–Trinajstić information content (AvgIpc) is 2.94. The van der Waals surface area contributed by atoms with Gasteiger partial charge in [0.2, 0.25) is 23.6 Å². The first-order valence-electron chi connectivity index (χ1n) is 13.1. The number of carboxylic acids is 2. The van der Waals surface area contributed by atoms with Crippen molar-refractivity contribution in [1.29, 1.82) is 0 Å². The Hall–Kier alpha value is -3.69. The van der Waals surface area contributed by atoms with Crippen molar-refractivity contribution in [3.05, 3.63) is 35.9 Å². The zero-order valence-corrected chi connectivity index (χ0v) is 23.5. The summed E-state index contributed by atoms with van der Waals surface area (Å²) in [6.45, 7) is -0.433. The predicted molar refractivity (Wildman–Crippen MR) is 151 cm³/mol. The number of benzene rings is 1. The molecule has 0 bridgehead atoms. The van der Waals surface area contributed by atoms with Crippen molar-refractivity contribution in [3.63, 3.8) is 0 Å². The fourth-order valence-corrected chi connectivity index (χ4v) is 3.87. The first-order chi connectivity index (χ1) is 19.5. The second-order valence-corrected chi connectivity index (χ2v) is 9.64. The van der Waals surface area contributed by atoms with Gasteiger partial charge in [0, 0.05) is 31.6 Å². The molecule has 1 rings (SSSR count). The Labute approximate surface area is 243 Å². The molecule has 15 heteroatoms. The molecule has 0 saturated heterocycles. The molecule has 0 saturated carbocycles. The summed E-state index contributed by atoms with van der Waals surface area (Å²) in [6.07, 6.45) is 0.879. The van der Waals surface area contributed by atoms with Gasteiger partial charge in [0.15, 0.2) is 0 Å². The van der Waals surface area contributed by atoms with Gasteiger partial charge in [-0.05, 0) is 24.8 Å². The van der Waals surface area contributed by atoms with Crippen molar-refractivity contribution in [2.75, 3.05) is 18.9 Å². The van der Waals surface area contributed by atoms with Crippen molar-refractivity contribution in [2.24, 2.45) is 5.73 Å². The monoisotopic (exact) mass is 597 g/mol. The van der Waals surface area contributed by atoms with Gasteiger partial charge in [0.1, 0.15) is 24.2 Å². The number of nitrogens with two attached hydrogens (primary N) is 1. The number of unbranched alkanes of at least 4 members (excludes halogenated alkanes) is 2. The number of nitrogens with one attached hydrogen (secondary N) is 4. The molecular weight excluding hydrogens is 558 g/mol. The quantitative estimate of drug-likeness (QED) is 0.0626. The zero-order valence-electron chi connectivity index (χ0n) is 22.6. The molecular formula is C26H39N5O9S. The second kappa shape index (κ2) is 19.4. The minimum atomic E-state index is -1.37. The van der Waals surface area contributed by atoms with Gasteiger partial charge in [0.05, 0.1) is 6.61 Å². The number of carboxylic acid groups (broad SMARTS) is 2. The summed E-state index contributed by atoms with van der Waals surface area (Å²) in [4.78, 5) is 72.9. The number of amides is 4. The molecule has 41 heavy (non-hydrogen) atoms. The Bertz CT molecular complexity index is 1030. The van der Waals surface area contributed by atoms with Crippen LogP contribution in [0.1, 0.15) is 44.1 Å². The van der Waals surface area contributed by atoms with Crippen molar-refractivity contribution >= 4 is 48.2 Å². The molecule has 0 heterocycles. The lowest BCUT2D eigenvalue weighted by atomic mass is 10.0. The number of hydrogen-bond acceptors (Lipinski definition) is 9. The lowest BCUT2D eigenvalue weighted by Gasteiger charge is -2.25. The number of aliphatic hydroxyl groups is 1. The summed E-state index contributed by atoms with van der Waals surface area (Å²) < 4.78 is 0. The molecule has 0 radical (unpaired) electrons. The topological polar surface area (TPSA) is 237 Å². The van der Waals surface area contributed by atoms with E-state index in [4.69, 9.17) is 21.1 Å². The molecule has 4 amide bonds. The molecule has 1 aromatic rings. The van der Waals surface area contributed by atoms with E-state index in [1.807, 2.05) is 0 Å². The first kappa shape index (κ1) is 35.3. The van der Waals surface area contributed by atoms with E-state index in [0.717, 1.165) is 0 Å². The van der Waals surface area contributed by atoms with Gasteiger partial charge < -0.3 is 42.3 Å². The van der Waals surface area contributed by atoms with Crippen LogP contribution in [0.3, 0.4) is 0 Å². The Morgan fingerprint density at radius 3 is 1.93 bits per heavy atom. The van der Waals surface area contributed by atoms with Gasteiger partial charge >= 0.3 is 11.9 Å². The molecule has 0 aliphatic rings. The summed E-state index contributed by atoms with van der Waals surface area (Å²) in [5.41, 5.74) is 6.17. The maximum atomic E-state index is 13.3. The molecule has 9 N–H and O–H groups in total. The number of thiol groups is 1. The highest BCUT2D eigenvalue weighted by molar-refractivity contribution is 7.80. The van der Waals surface area contributed by atoms with Crippen LogP contribution in [0.5, 0.6) is 0 Å². The normalized spacial score (nSPS) is 13.6. The largest absolute Gasteiger partial charge is 0.481 e. The molecule has 4 atom stereocenters. The van der Waals surface area contributed by atoms with Gasteiger partial charge in [-0.3, -0.25) is 28.8 Å². The van der Waals surface area contributed by atoms with Crippen LogP contribution >= 0.6 is 12.6 Å². The molecule has 0 aliphatic heterocycles. The Kier molecular flexibility index (Phi) is 16.7. The maximum absolute atomic E-state index is 13.3. The minimum absolute atomic E-state index is 0.0126. The van der Waals surface area contributed by atoms with Gasteiger partial charge in [-0.1, -0.05) is 36.8 Å². The number of hydrogen-bond donors (Lipinski definition) is 9. The number of carbonyl (C=O) groups excluding carboxylic acids is 4. The van der Waals surface area contributed by atoms with Gasteiger partial charge in [0.25, 0.3) is 0 Å². The summed E-state index contributed by atoms with van der Waals surface area (Å²) >= 11 is 4.15. The molecule has 0 aromatic heterocycles. The van der Waals surface area contributed by atoms with E-state index in [9.17, 15) is 28.8 Å². The third-order valence-corrected chi connectivity index (χ3v) is 6.28. The van der Waals surface area contributed by atoms with E-state index in [1.165, 1.54) is 0 Å². The average molecular weight is 598 g/mol. The summed E-state index contributed by atoms with van der Waals surface area (Å²) in [5, 5.41) is 36.9.